The molecule has 11 rings (SSSR count). The molecule has 9 fully saturated rings. The second kappa shape index (κ2) is 22.3. The number of anilines is 1. The van der Waals surface area contributed by atoms with Gasteiger partial charge < -0.3 is 24.4 Å². The molecule has 2 saturated heterocycles. The van der Waals surface area contributed by atoms with Crippen LogP contribution in [0.3, 0.4) is 0 Å². The zero-order valence-electron chi connectivity index (χ0n) is 41.7. The van der Waals surface area contributed by atoms with Crippen molar-refractivity contribution in [2.24, 2.45) is 35.5 Å². The molecule has 4 unspecified atom stereocenters. The van der Waals surface area contributed by atoms with Crippen molar-refractivity contribution in [3.8, 4) is 0 Å². The van der Waals surface area contributed by atoms with E-state index in [2.05, 4.69) is 10.6 Å². The van der Waals surface area contributed by atoms with Crippen molar-refractivity contribution < 1.29 is 48.0 Å². The maximum atomic E-state index is 14.0. The summed E-state index contributed by atoms with van der Waals surface area (Å²) in [6.07, 6.45) is 34.6. The third-order valence-corrected chi connectivity index (χ3v) is 18.5. The van der Waals surface area contributed by atoms with Gasteiger partial charge in [0.05, 0.1) is 5.25 Å². The molecular weight excluding hydrogens is 933 g/mol. The van der Waals surface area contributed by atoms with Crippen LogP contribution in [0.1, 0.15) is 121 Å². The van der Waals surface area contributed by atoms with Gasteiger partial charge in [0.15, 0.2) is 0 Å². The molecule has 2 spiro atoms. The van der Waals surface area contributed by atoms with Crippen LogP contribution >= 0.6 is 11.8 Å². The van der Waals surface area contributed by atoms with E-state index >= 15 is 0 Å². The molecule has 10 aliphatic rings. The summed E-state index contributed by atoms with van der Waals surface area (Å²) in [4.78, 5) is 82.6. The Morgan fingerprint density at radius 2 is 1.54 bits per heavy atom. The van der Waals surface area contributed by atoms with Gasteiger partial charge in [0, 0.05) is 80.6 Å². The van der Waals surface area contributed by atoms with Crippen molar-refractivity contribution >= 4 is 47.2 Å². The molecule has 386 valence electrons. The Hall–Kier alpha value is -4.96. The summed E-state index contributed by atoms with van der Waals surface area (Å²) in [5.74, 6) is 0.595. The van der Waals surface area contributed by atoms with E-state index in [-0.39, 0.29) is 65.7 Å². The monoisotopic (exact) mass is 1000 g/mol. The topological polar surface area (TPSA) is 162 Å². The number of thioether (sulfide) groups is 1. The van der Waals surface area contributed by atoms with E-state index in [1.165, 1.54) is 35.9 Å². The number of imide groups is 1. The number of allylic oxidation sites excluding steroid dienone is 11. The maximum Gasteiger partial charge on any atom is 0.411 e. The van der Waals surface area contributed by atoms with E-state index in [1.807, 2.05) is 103 Å². The van der Waals surface area contributed by atoms with Gasteiger partial charge in [-0.2, -0.15) is 9.78 Å². The van der Waals surface area contributed by atoms with Crippen LogP contribution in [0.4, 0.5) is 10.5 Å². The van der Waals surface area contributed by atoms with Gasteiger partial charge in [-0.3, -0.25) is 29.4 Å². The lowest BCUT2D eigenvalue weighted by Crippen LogP contribution is -2.69. The van der Waals surface area contributed by atoms with Crippen LogP contribution in [0, 0.1) is 35.5 Å². The molecule has 1 aromatic rings. The molecule has 2 aliphatic heterocycles. The highest BCUT2D eigenvalue weighted by atomic mass is 32.2. The van der Waals surface area contributed by atoms with Crippen molar-refractivity contribution in [2.75, 3.05) is 31.2 Å². The lowest BCUT2D eigenvalue weighted by atomic mass is 9.49. The minimum atomic E-state index is -1.02. The first kappa shape index (κ1) is 50.6. The molecule has 5 atom stereocenters. The van der Waals surface area contributed by atoms with Gasteiger partial charge in [0.25, 0.3) is 0 Å². The Bertz CT molecular complexity index is 2350. The smallest absolute Gasteiger partial charge is 0.411 e. The molecule has 4 bridgehead atoms. The largest absolute Gasteiger partial charge is 0.489 e. The van der Waals surface area contributed by atoms with Crippen LogP contribution in [-0.4, -0.2) is 93.9 Å². The summed E-state index contributed by atoms with van der Waals surface area (Å²) in [5, 5.41) is 5.56. The average molecular weight is 1010 g/mol. The summed E-state index contributed by atoms with van der Waals surface area (Å²) in [6.45, 7) is 1.57. The Labute approximate surface area is 428 Å². The molecule has 7 saturated carbocycles. The second-order valence-electron chi connectivity index (χ2n) is 22.0. The fourth-order valence-electron chi connectivity index (χ4n) is 13.2. The predicted molar refractivity (Wildman–Crippen MR) is 273 cm³/mol. The van der Waals surface area contributed by atoms with E-state index < -0.39 is 29.0 Å². The number of hydrogen-bond acceptors (Lipinski definition) is 11. The van der Waals surface area contributed by atoms with Crippen LogP contribution in [0.5, 0.6) is 0 Å². The van der Waals surface area contributed by atoms with Crippen molar-refractivity contribution in [1.29, 1.82) is 0 Å². The zero-order chi connectivity index (χ0) is 49.7. The number of rotatable bonds is 15. The van der Waals surface area contributed by atoms with Gasteiger partial charge >= 0.3 is 6.09 Å². The van der Waals surface area contributed by atoms with Crippen molar-refractivity contribution in [1.82, 2.24) is 15.1 Å². The molecular formula is C57H72N4O10S. The highest BCUT2D eigenvalue weighted by Crippen LogP contribution is 2.66. The van der Waals surface area contributed by atoms with Crippen molar-refractivity contribution in [3.63, 3.8) is 0 Å². The number of nitrogens with one attached hydrogen (secondary N) is 2. The summed E-state index contributed by atoms with van der Waals surface area (Å²) < 4.78 is 19.1. The van der Waals surface area contributed by atoms with Crippen LogP contribution in [0.2, 0.25) is 0 Å². The van der Waals surface area contributed by atoms with Gasteiger partial charge in [-0.25, -0.2) is 4.79 Å². The molecule has 15 heteroatoms. The summed E-state index contributed by atoms with van der Waals surface area (Å²) >= 11 is 1.43. The fourth-order valence-corrected chi connectivity index (χ4v) is 14.3. The lowest BCUT2D eigenvalue weighted by molar-refractivity contribution is -0.394. The molecule has 14 nitrogen and oxygen atoms in total. The first-order valence-electron chi connectivity index (χ1n) is 26.8. The standard InChI is InChI=1S/C57H72N4O10S/c1-60(50(62)26-28-72-49-31-51(63)61(53(49)65)37-40-18-22-43(23-19-40)52(64)58-36-39-13-11-14-39)55-32-42-29-44(33-55)57(45(30-42)34-55)69-56(70-71-57)27-12-17-48(35-56)68-54(66)59-46-24-20-41(21-25-46)38-67-47-15-9-7-5-3-2-4-6-8-10-16-47/h2-10,15-16,20-21,24-25,39-40,42-45,48-49H,11-14,17-19,22-23,26-38H2,1H3,(H,58,64)(H,59,66)/b3-2-,4-2?,5-3?,6-4-,7-5-,8-6?,9-7?,10-8-,15-9-,16-10?,47-15?,47-16+/t40?,42?,43?,44?,45?,48?,49?,55?,56-,57?/m1/s1. The number of benzene rings is 1. The van der Waals surface area contributed by atoms with Gasteiger partial charge in [0.2, 0.25) is 35.2 Å². The third-order valence-electron chi connectivity index (χ3n) is 17.2. The number of nitrogens with zero attached hydrogens (tertiary/aromatic N) is 2. The first-order chi connectivity index (χ1) is 35.0. The number of carbonyl (C=O) groups excluding carboxylic acids is 5. The number of hydrogen-bond donors (Lipinski definition) is 2. The normalized spacial score (nSPS) is 36.9. The Morgan fingerprint density at radius 1 is 0.819 bits per heavy atom. The van der Waals surface area contributed by atoms with Gasteiger partial charge in [-0.15, -0.1) is 11.8 Å². The van der Waals surface area contributed by atoms with E-state index in [1.54, 1.807) is 0 Å². The minimum absolute atomic E-state index is 0.0221. The SMILES string of the molecule is CN(C(=O)CCSC1CC(=O)N(CC2CCC(C(=O)NCC3CCC3)CC2)C1=O)C12CC3CC(C1)C1(OO[C@@]4(CCCC(OC(=O)Nc5ccc(COC6=C/C=C\C=C/C=C\C=C/C=C\6)cc5)C4)O1)C(C3)C2. The van der Waals surface area contributed by atoms with Gasteiger partial charge in [-0.05, 0) is 131 Å². The van der Waals surface area contributed by atoms with Gasteiger partial charge in [0.1, 0.15) is 18.5 Å². The highest BCUT2D eigenvalue weighted by molar-refractivity contribution is 8.00. The quantitative estimate of drug-likeness (QED) is 0.127. The molecule has 0 aromatic heterocycles. The number of likely N-dealkylation sites (tertiary alicyclic amines) is 1. The molecule has 1 aromatic carbocycles. The third kappa shape index (κ3) is 11.4. The first-order valence-corrected chi connectivity index (χ1v) is 27.8. The molecule has 2 N–H and O–H groups in total. The van der Waals surface area contributed by atoms with Crippen molar-refractivity contribution in [2.45, 2.75) is 151 Å². The van der Waals surface area contributed by atoms with Crippen LogP contribution in [0.25, 0.3) is 0 Å². The Balaban J connectivity index is 0.662. The second-order valence-corrected chi connectivity index (χ2v) is 23.4. The van der Waals surface area contributed by atoms with E-state index in [0.717, 1.165) is 82.1 Å². The van der Waals surface area contributed by atoms with Crippen LogP contribution in [0.15, 0.2) is 96.9 Å². The molecule has 5 amide bonds. The highest BCUT2D eigenvalue weighted by Gasteiger charge is 2.71. The van der Waals surface area contributed by atoms with Gasteiger partial charge in [-0.1, -0.05) is 73.2 Å². The lowest BCUT2D eigenvalue weighted by Gasteiger charge is -2.64. The number of amides is 5. The summed E-state index contributed by atoms with van der Waals surface area (Å²) in [7, 11) is 1.93. The van der Waals surface area contributed by atoms with Crippen LogP contribution in [-0.2, 0) is 49.8 Å². The molecule has 0 radical (unpaired) electrons. The predicted octanol–water partition coefficient (Wildman–Crippen LogP) is 9.75. The fraction of sp³-hybridized carbons (Fsp3) is 0.596. The minimum Gasteiger partial charge on any atom is -0.489 e. The van der Waals surface area contributed by atoms with E-state index in [9.17, 15) is 24.0 Å². The molecule has 72 heavy (non-hydrogen) atoms. The van der Waals surface area contributed by atoms with Crippen LogP contribution < -0.4 is 10.6 Å². The summed E-state index contributed by atoms with van der Waals surface area (Å²) in [6, 6.07) is 7.50. The average Bonchev–Trinajstić information content (AvgIpc) is 3.84. The zero-order valence-corrected chi connectivity index (χ0v) is 42.5. The number of ether oxygens (including phenoxy) is 3. The van der Waals surface area contributed by atoms with E-state index in [0.29, 0.717) is 55.7 Å². The molecule has 2 heterocycles. The summed E-state index contributed by atoms with van der Waals surface area (Å²) in [5.41, 5.74) is 1.25. The van der Waals surface area contributed by atoms with Crippen molar-refractivity contribution in [3.05, 3.63) is 102 Å². The Kier molecular flexibility index (Phi) is 15.6. The Morgan fingerprint density at radius 3 is 2.26 bits per heavy atom. The van der Waals surface area contributed by atoms with E-state index in [4.69, 9.17) is 24.0 Å². The molecule has 8 aliphatic carbocycles. The maximum absolute atomic E-state index is 14.0. The number of carbonyl (C=O) groups is 5.